The van der Waals surface area contributed by atoms with E-state index in [4.69, 9.17) is 4.74 Å². The highest BCUT2D eigenvalue weighted by Gasteiger charge is 2.43. The van der Waals surface area contributed by atoms with Crippen molar-refractivity contribution in [3.63, 3.8) is 0 Å². The number of ether oxygens (including phenoxy) is 1. The zero-order valence-corrected chi connectivity index (χ0v) is 7.60. The third-order valence-electron chi connectivity index (χ3n) is 3.38. The van der Waals surface area contributed by atoms with Gasteiger partial charge >= 0.3 is 0 Å². The quantitative estimate of drug-likeness (QED) is 0.521. The average Bonchev–Trinajstić information content (AvgIpc) is 2.29. The number of hydrogen-bond acceptors (Lipinski definition) is 1. The summed E-state index contributed by atoms with van der Waals surface area (Å²) in [4.78, 5) is 0. The summed E-state index contributed by atoms with van der Waals surface area (Å²) in [5.41, 5.74) is 0.463. The Bertz CT molecular complexity index is 151. The predicted molar refractivity (Wildman–Crippen MR) is 45.5 cm³/mol. The van der Waals surface area contributed by atoms with E-state index in [-0.39, 0.29) is 0 Å². The van der Waals surface area contributed by atoms with Gasteiger partial charge in [-0.2, -0.15) is 0 Å². The molecule has 1 aliphatic heterocycles. The van der Waals surface area contributed by atoms with Crippen LogP contribution in [0.5, 0.6) is 0 Å². The molecule has 2 fully saturated rings. The maximum absolute atomic E-state index is 5.77. The molecule has 0 aromatic rings. The molecule has 1 nitrogen and oxygen atoms in total. The van der Waals surface area contributed by atoms with Crippen LogP contribution in [0.1, 0.15) is 39.5 Å². The largest absolute Gasteiger partial charge is 0.377 e. The van der Waals surface area contributed by atoms with E-state index >= 15 is 0 Å². The van der Waals surface area contributed by atoms with Crippen LogP contribution in [0.25, 0.3) is 0 Å². The van der Waals surface area contributed by atoms with Gasteiger partial charge in [-0.3, -0.25) is 0 Å². The summed E-state index contributed by atoms with van der Waals surface area (Å²) in [5, 5.41) is 0. The van der Waals surface area contributed by atoms with Gasteiger partial charge in [-0.1, -0.05) is 26.7 Å². The second kappa shape index (κ2) is 2.48. The van der Waals surface area contributed by atoms with E-state index in [2.05, 4.69) is 13.8 Å². The molecule has 0 unspecified atom stereocenters. The second-order valence-electron chi connectivity index (χ2n) is 4.73. The standard InChI is InChI=1S/C10H18O/c1-10(2)7-11-9-6-4-3-5-8(9)10/h8-9H,3-7H2,1-2H3/t8-,9+/m0/s1. The number of fused-ring (bicyclic) bond motifs is 1. The van der Waals surface area contributed by atoms with Crippen LogP contribution < -0.4 is 0 Å². The minimum absolute atomic E-state index is 0.463. The average molecular weight is 154 g/mol. The molecule has 0 aromatic carbocycles. The molecule has 0 N–H and O–H groups in total. The summed E-state index contributed by atoms with van der Waals surface area (Å²) >= 11 is 0. The van der Waals surface area contributed by atoms with Crippen LogP contribution in [0.3, 0.4) is 0 Å². The van der Waals surface area contributed by atoms with E-state index in [0.717, 1.165) is 12.5 Å². The molecule has 0 bridgehead atoms. The molecule has 1 saturated carbocycles. The van der Waals surface area contributed by atoms with Crippen LogP contribution in [0.4, 0.5) is 0 Å². The Labute approximate surface area is 69.1 Å². The lowest BCUT2D eigenvalue weighted by Gasteiger charge is -2.31. The SMILES string of the molecule is CC1(C)CO[C@@H]2CCCC[C@@H]21. The molecule has 11 heavy (non-hydrogen) atoms. The van der Waals surface area contributed by atoms with Crippen LogP contribution >= 0.6 is 0 Å². The first-order valence-corrected chi connectivity index (χ1v) is 4.82. The summed E-state index contributed by atoms with van der Waals surface area (Å²) in [5.74, 6) is 0.858. The zero-order chi connectivity index (χ0) is 7.90. The second-order valence-corrected chi connectivity index (χ2v) is 4.73. The van der Waals surface area contributed by atoms with Crippen molar-refractivity contribution in [1.82, 2.24) is 0 Å². The molecule has 1 aliphatic carbocycles. The monoisotopic (exact) mass is 154 g/mol. The maximum atomic E-state index is 5.77. The summed E-state index contributed by atoms with van der Waals surface area (Å²) in [6.07, 6.45) is 6.13. The number of rotatable bonds is 0. The van der Waals surface area contributed by atoms with Gasteiger partial charge in [0, 0.05) is 0 Å². The minimum Gasteiger partial charge on any atom is -0.377 e. The molecule has 2 rings (SSSR count). The Morgan fingerprint density at radius 1 is 1.18 bits per heavy atom. The van der Waals surface area contributed by atoms with Crippen LogP contribution in [-0.2, 0) is 4.74 Å². The first-order valence-electron chi connectivity index (χ1n) is 4.82. The predicted octanol–water partition coefficient (Wildman–Crippen LogP) is 2.60. The Kier molecular flexibility index (Phi) is 1.71. The van der Waals surface area contributed by atoms with Gasteiger partial charge in [0.05, 0.1) is 12.7 Å². The van der Waals surface area contributed by atoms with E-state index in [1.54, 1.807) is 0 Å². The Morgan fingerprint density at radius 2 is 1.91 bits per heavy atom. The third-order valence-corrected chi connectivity index (χ3v) is 3.38. The Balaban J connectivity index is 2.10. The Hall–Kier alpha value is -0.0400. The molecule has 1 saturated heterocycles. The van der Waals surface area contributed by atoms with Gasteiger partial charge in [0.25, 0.3) is 0 Å². The van der Waals surface area contributed by atoms with Gasteiger partial charge in [-0.15, -0.1) is 0 Å². The molecule has 64 valence electrons. The first-order chi connectivity index (χ1) is 5.20. The Morgan fingerprint density at radius 3 is 2.64 bits per heavy atom. The van der Waals surface area contributed by atoms with Crippen molar-refractivity contribution in [1.29, 1.82) is 0 Å². The van der Waals surface area contributed by atoms with Crippen molar-refractivity contribution in [2.45, 2.75) is 45.6 Å². The normalized spacial score (nSPS) is 42.0. The lowest BCUT2D eigenvalue weighted by molar-refractivity contribution is 0.0662. The minimum atomic E-state index is 0.463. The van der Waals surface area contributed by atoms with Gasteiger partial charge in [0.2, 0.25) is 0 Å². The van der Waals surface area contributed by atoms with E-state index < -0.39 is 0 Å². The van der Waals surface area contributed by atoms with Gasteiger partial charge in [-0.25, -0.2) is 0 Å². The van der Waals surface area contributed by atoms with E-state index in [1.165, 1.54) is 25.7 Å². The van der Waals surface area contributed by atoms with Crippen LogP contribution in [-0.4, -0.2) is 12.7 Å². The molecule has 1 heterocycles. The first kappa shape index (κ1) is 7.60. The fourth-order valence-electron chi connectivity index (χ4n) is 2.62. The summed E-state index contributed by atoms with van der Waals surface area (Å²) in [6.45, 7) is 5.69. The molecule has 0 aromatic heterocycles. The van der Waals surface area contributed by atoms with Crippen molar-refractivity contribution in [3.8, 4) is 0 Å². The fraction of sp³-hybridized carbons (Fsp3) is 1.00. The van der Waals surface area contributed by atoms with Gasteiger partial charge in [0.15, 0.2) is 0 Å². The molecular formula is C10H18O. The van der Waals surface area contributed by atoms with Gasteiger partial charge in [-0.05, 0) is 24.2 Å². The highest BCUT2D eigenvalue weighted by atomic mass is 16.5. The lowest BCUT2D eigenvalue weighted by atomic mass is 9.72. The van der Waals surface area contributed by atoms with E-state index in [9.17, 15) is 0 Å². The maximum Gasteiger partial charge on any atom is 0.0609 e. The van der Waals surface area contributed by atoms with E-state index in [0.29, 0.717) is 11.5 Å². The van der Waals surface area contributed by atoms with Crippen LogP contribution in [0.2, 0.25) is 0 Å². The third kappa shape index (κ3) is 1.20. The number of hydrogen-bond donors (Lipinski definition) is 0. The molecule has 2 atom stereocenters. The van der Waals surface area contributed by atoms with Gasteiger partial charge < -0.3 is 4.74 Å². The van der Waals surface area contributed by atoms with Gasteiger partial charge in [0.1, 0.15) is 0 Å². The smallest absolute Gasteiger partial charge is 0.0609 e. The van der Waals surface area contributed by atoms with Crippen LogP contribution in [0.15, 0.2) is 0 Å². The van der Waals surface area contributed by atoms with E-state index in [1.807, 2.05) is 0 Å². The molecular weight excluding hydrogens is 136 g/mol. The van der Waals surface area contributed by atoms with Crippen molar-refractivity contribution >= 4 is 0 Å². The molecule has 0 radical (unpaired) electrons. The highest BCUT2D eigenvalue weighted by molar-refractivity contribution is 4.92. The molecule has 0 amide bonds. The van der Waals surface area contributed by atoms with Crippen molar-refractivity contribution in [2.24, 2.45) is 11.3 Å². The lowest BCUT2D eigenvalue weighted by Crippen LogP contribution is -2.29. The summed E-state index contributed by atoms with van der Waals surface area (Å²) in [7, 11) is 0. The summed E-state index contributed by atoms with van der Waals surface area (Å²) < 4.78 is 5.77. The fourth-order valence-corrected chi connectivity index (χ4v) is 2.62. The van der Waals surface area contributed by atoms with Crippen molar-refractivity contribution in [2.75, 3.05) is 6.61 Å². The zero-order valence-electron chi connectivity index (χ0n) is 7.60. The molecule has 1 heteroatoms. The molecule has 0 spiro atoms. The van der Waals surface area contributed by atoms with Crippen molar-refractivity contribution < 1.29 is 4.74 Å². The highest BCUT2D eigenvalue weighted by Crippen LogP contribution is 2.45. The molecule has 2 aliphatic rings. The van der Waals surface area contributed by atoms with Crippen LogP contribution in [0, 0.1) is 11.3 Å². The summed E-state index contributed by atoms with van der Waals surface area (Å²) in [6, 6.07) is 0. The van der Waals surface area contributed by atoms with Crippen molar-refractivity contribution in [3.05, 3.63) is 0 Å². The topological polar surface area (TPSA) is 9.23 Å².